The molecule has 2 aromatic rings. The van der Waals surface area contributed by atoms with Gasteiger partial charge in [0.15, 0.2) is 0 Å². The van der Waals surface area contributed by atoms with Crippen molar-refractivity contribution in [3.05, 3.63) is 64.1 Å². The minimum atomic E-state index is -0.905. The third-order valence-corrected chi connectivity index (χ3v) is 4.89. The number of rotatable bonds is 6. The van der Waals surface area contributed by atoms with E-state index in [1.807, 2.05) is 45.0 Å². The average Bonchev–Trinajstić information content (AvgIpc) is 2.62. The summed E-state index contributed by atoms with van der Waals surface area (Å²) >= 11 is 3.42. The Morgan fingerprint density at radius 1 is 1.11 bits per heavy atom. The largest absolute Gasteiger partial charge is 0.508 e. The fourth-order valence-electron chi connectivity index (χ4n) is 2.80. The van der Waals surface area contributed by atoms with Crippen molar-refractivity contribution in [2.45, 2.75) is 51.9 Å². The Labute approximate surface area is 175 Å². The van der Waals surface area contributed by atoms with Gasteiger partial charge in [0, 0.05) is 11.0 Å². The molecule has 0 radical (unpaired) electrons. The highest BCUT2D eigenvalue weighted by Gasteiger charge is 2.30. The summed E-state index contributed by atoms with van der Waals surface area (Å²) in [4.78, 5) is 14.4. The maximum absolute atomic E-state index is 12.8. The van der Waals surface area contributed by atoms with Gasteiger partial charge in [0.05, 0.1) is 12.1 Å². The summed E-state index contributed by atoms with van der Waals surface area (Å²) in [5.74, 6) is 0.128. The monoisotopic (exact) mass is 449 g/mol. The van der Waals surface area contributed by atoms with E-state index in [9.17, 15) is 15.0 Å². The van der Waals surface area contributed by atoms with Gasteiger partial charge in [-0.1, -0.05) is 40.2 Å². The molecule has 0 saturated carbocycles. The van der Waals surface area contributed by atoms with Crippen LogP contribution in [0.15, 0.2) is 53.0 Å². The lowest BCUT2D eigenvalue weighted by atomic mass is 10.0. The second-order valence-electron chi connectivity index (χ2n) is 7.83. The topological polar surface area (TPSA) is 70.0 Å². The van der Waals surface area contributed by atoms with Crippen molar-refractivity contribution in [3.63, 3.8) is 0 Å². The number of hydrogen-bond acceptors (Lipinski definition) is 4. The minimum absolute atomic E-state index is 0.128. The molecule has 0 spiro atoms. The van der Waals surface area contributed by atoms with Crippen LogP contribution < -0.4 is 0 Å². The normalized spacial score (nSPS) is 13.6. The highest BCUT2D eigenvalue weighted by atomic mass is 79.9. The summed E-state index contributed by atoms with van der Waals surface area (Å²) in [6, 6.07) is 13.8. The van der Waals surface area contributed by atoms with Crippen LogP contribution >= 0.6 is 15.9 Å². The number of amides is 1. The van der Waals surface area contributed by atoms with Crippen LogP contribution in [0.4, 0.5) is 4.79 Å². The number of hydrogen-bond donors (Lipinski definition) is 2. The minimum Gasteiger partial charge on any atom is -0.508 e. The van der Waals surface area contributed by atoms with Crippen LogP contribution in [0.1, 0.15) is 44.9 Å². The highest BCUT2D eigenvalue weighted by molar-refractivity contribution is 9.10. The van der Waals surface area contributed by atoms with E-state index in [1.165, 1.54) is 12.1 Å². The maximum Gasteiger partial charge on any atom is 0.410 e. The van der Waals surface area contributed by atoms with Crippen molar-refractivity contribution in [1.82, 2.24) is 4.90 Å². The summed E-state index contributed by atoms with van der Waals surface area (Å²) in [6.07, 6.45) is -0.730. The van der Waals surface area contributed by atoms with Crippen LogP contribution in [-0.2, 0) is 11.2 Å². The number of ether oxygens (including phenoxy) is 1. The summed E-state index contributed by atoms with van der Waals surface area (Å²) in [6.45, 7) is 7.66. The molecule has 0 aliphatic rings. The van der Waals surface area contributed by atoms with Crippen LogP contribution in [0, 0.1) is 0 Å². The van der Waals surface area contributed by atoms with E-state index in [0.29, 0.717) is 18.5 Å². The van der Waals surface area contributed by atoms with E-state index in [2.05, 4.69) is 15.9 Å². The fraction of sp³-hybridized carbons (Fsp3) is 0.409. The maximum atomic E-state index is 12.8. The van der Waals surface area contributed by atoms with Gasteiger partial charge in [-0.3, -0.25) is 0 Å². The van der Waals surface area contributed by atoms with Crippen LogP contribution in [-0.4, -0.2) is 39.4 Å². The van der Waals surface area contributed by atoms with E-state index < -0.39 is 23.8 Å². The van der Waals surface area contributed by atoms with Gasteiger partial charge >= 0.3 is 6.09 Å². The van der Waals surface area contributed by atoms with Crippen molar-refractivity contribution in [1.29, 1.82) is 0 Å². The zero-order valence-corrected chi connectivity index (χ0v) is 18.3. The number of aromatic hydroxyl groups is 1. The predicted molar refractivity (Wildman–Crippen MR) is 113 cm³/mol. The van der Waals surface area contributed by atoms with Crippen LogP contribution in [0.5, 0.6) is 5.75 Å². The molecule has 0 aliphatic heterocycles. The summed E-state index contributed by atoms with van der Waals surface area (Å²) in [5, 5.41) is 20.3. The van der Waals surface area contributed by atoms with Gasteiger partial charge in [0.1, 0.15) is 11.4 Å². The van der Waals surface area contributed by atoms with Crippen molar-refractivity contribution in [2.75, 3.05) is 6.54 Å². The van der Waals surface area contributed by atoms with Gasteiger partial charge in [0.25, 0.3) is 0 Å². The number of phenolic OH excluding ortho intramolecular Hbond substituents is 1. The molecule has 0 aliphatic carbocycles. The second kappa shape index (κ2) is 9.43. The molecule has 2 N–H and O–H groups in total. The molecule has 152 valence electrons. The number of halogens is 1. The number of carbonyl (C=O) groups is 1. The first-order chi connectivity index (χ1) is 13.1. The van der Waals surface area contributed by atoms with Gasteiger partial charge in [-0.15, -0.1) is 0 Å². The van der Waals surface area contributed by atoms with E-state index in [-0.39, 0.29) is 5.75 Å². The van der Waals surface area contributed by atoms with Gasteiger partial charge < -0.3 is 19.8 Å². The molecule has 0 fully saturated rings. The highest BCUT2D eigenvalue weighted by Crippen LogP contribution is 2.25. The number of nitrogens with zero attached hydrogens (tertiary/aromatic N) is 1. The molecule has 6 heteroatoms. The van der Waals surface area contributed by atoms with Gasteiger partial charge in [-0.05, 0) is 69.5 Å². The second-order valence-corrected chi connectivity index (χ2v) is 8.74. The van der Waals surface area contributed by atoms with Crippen molar-refractivity contribution in [3.8, 4) is 5.75 Å². The Morgan fingerprint density at radius 2 is 1.68 bits per heavy atom. The van der Waals surface area contributed by atoms with Crippen molar-refractivity contribution < 1.29 is 19.7 Å². The molecule has 0 unspecified atom stereocenters. The van der Waals surface area contributed by atoms with Gasteiger partial charge in [0.2, 0.25) is 0 Å². The van der Waals surface area contributed by atoms with E-state index >= 15 is 0 Å². The van der Waals surface area contributed by atoms with E-state index in [1.54, 1.807) is 24.0 Å². The molecular weight excluding hydrogens is 422 g/mol. The SMILES string of the molecule is C[C@@H]([C@@H](O)c1ccc(O)cc1)N(CCc1ccc(Br)cc1)C(=O)OC(C)(C)C. The standard InChI is InChI=1S/C22H28BrNO4/c1-15(20(26)17-7-11-19(25)12-8-17)24(21(27)28-22(2,3)4)14-13-16-5-9-18(23)10-6-16/h5-12,15,20,25-26H,13-14H2,1-4H3/t15-,20+/m0/s1. The summed E-state index contributed by atoms with van der Waals surface area (Å²) < 4.78 is 6.56. The third kappa shape index (κ3) is 6.53. The molecule has 1 amide bonds. The number of phenols is 1. The zero-order valence-electron chi connectivity index (χ0n) is 16.7. The van der Waals surface area contributed by atoms with Crippen LogP contribution in [0.25, 0.3) is 0 Å². The van der Waals surface area contributed by atoms with Crippen molar-refractivity contribution >= 4 is 22.0 Å². The first kappa shape index (κ1) is 22.2. The van der Waals surface area contributed by atoms with E-state index in [4.69, 9.17) is 4.74 Å². The first-order valence-corrected chi connectivity index (χ1v) is 10.1. The van der Waals surface area contributed by atoms with Gasteiger partial charge in [-0.2, -0.15) is 0 Å². The molecule has 28 heavy (non-hydrogen) atoms. The lowest BCUT2D eigenvalue weighted by Gasteiger charge is -2.34. The fourth-order valence-corrected chi connectivity index (χ4v) is 3.07. The number of benzene rings is 2. The lowest BCUT2D eigenvalue weighted by molar-refractivity contribution is -0.00239. The summed E-state index contributed by atoms with van der Waals surface area (Å²) in [7, 11) is 0. The Hall–Kier alpha value is -2.05. The van der Waals surface area contributed by atoms with Gasteiger partial charge in [-0.25, -0.2) is 4.79 Å². The first-order valence-electron chi connectivity index (χ1n) is 9.28. The predicted octanol–water partition coefficient (Wildman–Crippen LogP) is 5.06. The molecule has 0 heterocycles. The molecule has 0 bridgehead atoms. The third-order valence-electron chi connectivity index (χ3n) is 4.37. The number of carbonyl (C=O) groups excluding carboxylic acids is 1. The number of aliphatic hydroxyl groups is 1. The zero-order chi connectivity index (χ0) is 20.9. The lowest BCUT2D eigenvalue weighted by Crippen LogP contribution is -2.45. The number of aliphatic hydroxyl groups excluding tert-OH is 1. The Morgan fingerprint density at radius 3 is 2.21 bits per heavy atom. The average molecular weight is 450 g/mol. The Kier molecular flexibility index (Phi) is 7.49. The van der Waals surface area contributed by atoms with Crippen molar-refractivity contribution in [2.24, 2.45) is 0 Å². The quantitative estimate of drug-likeness (QED) is 0.646. The molecule has 0 aromatic heterocycles. The van der Waals surface area contributed by atoms with Crippen LogP contribution in [0.3, 0.4) is 0 Å². The summed E-state index contributed by atoms with van der Waals surface area (Å²) in [5.41, 5.74) is 1.08. The molecule has 0 saturated heterocycles. The Balaban J connectivity index is 2.18. The molecule has 2 atom stereocenters. The smallest absolute Gasteiger partial charge is 0.410 e. The molecule has 2 aromatic carbocycles. The van der Waals surface area contributed by atoms with E-state index in [0.717, 1.165) is 10.0 Å². The molecule has 2 rings (SSSR count). The molecule has 5 nitrogen and oxygen atoms in total. The molecular formula is C22H28BrNO4. The van der Waals surface area contributed by atoms with Crippen LogP contribution in [0.2, 0.25) is 0 Å². The Bertz CT molecular complexity index is 769.